The number of hydrogen-bond donors (Lipinski definition) is 2. The molecule has 5 heteroatoms. The highest BCUT2D eigenvalue weighted by Crippen LogP contribution is 2.17. The number of nitrogens with one attached hydrogen (secondary N) is 2. The number of amides is 3. The van der Waals surface area contributed by atoms with Gasteiger partial charge in [0, 0.05) is 6.54 Å². The van der Waals surface area contributed by atoms with Gasteiger partial charge in [-0.15, -0.1) is 0 Å². The molecule has 5 nitrogen and oxygen atoms in total. The third kappa shape index (κ3) is 2.47. The number of hydrogen-bond acceptors (Lipinski definition) is 3. The van der Waals surface area contributed by atoms with Crippen LogP contribution in [0.25, 0.3) is 0 Å². The first kappa shape index (κ1) is 12.0. The van der Waals surface area contributed by atoms with Crippen molar-refractivity contribution in [1.82, 2.24) is 15.5 Å². The first-order chi connectivity index (χ1) is 6.88. The molecule has 0 aliphatic carbocycles. The molecule has 0 spiro atoms. The standard InChI is InChI=1S/C10H19N3O2/c1-7(5-11-4)6-13-8(14)10(2,3)12-9(13)15/h7,11H,5-6H2,1-4H3,(H,12,15). The monoisotopic (exact) mass is 213 g/mol. The van der Waals surface area contributed by atoms with Crippen molar-refractivity contribution in [3.8, 4) is 0 Å². The molecule has 1 aliphatic rings. The van der Waals surface area contributed by atoms with Gasteiger partial charge in [0.15, 0.2) is 0 Å². The van der Waals surface area contributed by atoms with Crippen molar-refractivity contribution < 1.29 is 9.59 Å². The maximum atomic E-state index is 11.8. The molecule has 0 bridgehead atoms. The summed E-state index contributed by atoms with van der Waals surface area (Å²) in [5.41, 5.74) is -0.754. The molecule has 1 heterocycles. The van der Waals surface area contributed by atoms with Crippen LogP contribution in [0.5, 0.6) is 0 Å². The second-order valence-electron chi connectivity index (χ2n) is 4.63. The minimum Gasteiger partial charge on any atom is -0.324 e. The largest absolute Gasteiger partial charge is 0.325 e. The van der Waals surface area contributed by atoms with Crippen molar-refractivity contribution in [3.05, 3.63) is 0 Å². The summed E-state index contributed by atoms with van der Waals surface area (Å²) in [4.78, 5) is 24.6. The normalized spacial score (nSPS) is 21.7. The van der Waals surface area contributed by atoms with Gasteiger partial charge in [-0.05, 0) is 33.4 Å². The molecular formula is C10H19N3O2. The molecule has 1 unspecified atom stereocenters. The fourth-order valence-electron chi connectivity index (χ4n) is 1.71. The lowest BCUT2D eigenvalue weighted by Crippen LogP contribution is -2.41. The fraction of sp³-hybridized carbons (Fsp3) is 0.800. The second-order valence-corrected chi connectivity index (χ2v) is 4.63. The molecule has 1 fully saturated rings. The van der Waals surface area contributed by atoms with Crippen LogP contribution in [0.3, 0.4) is 0 Å². The number of rotatable bonds is 4. The second kappa shape index (κ2) is 4.18. The molecule has 15 heavy (non-hydrogen) atoms. The van der Waals surface area contributed by atoms with Crippen LogP contribution in [-0.2, 0) is 4.79 Å². The summed E-state index contributed by atoms with van der Waals surface area (Å²) in [5, 5.41) is 5.68. The Bertz CT molecular complexity index is 276. The van der Waals surface area contributed by atoms with Gasteiger partial charge in [-0.3, -0.25) is 9.69 Å². The van der Waals surface area contributed by atoms with Crippen LogP contribution in [0, 0.1) is 5.92 Å². The molecule has 1 aliphatic heterocycles. The smallest absolute Gasteiger partial charge is 0.324 e. The Labute approximate surface area is 90.2 Å². The highest BCUT2D eigenvalue weighted by atomic mass is 16.2. The summed E-state index contributed by atoms with van der Waals surface area (Å²) in [7, 11) is 1.85. The summed E-state index contributed by atoms with van der Waals surface area (Å²) in [6.07, 6.45) is 0. The number of carbonyl (C=O) groups excluding carboxylic acids is 2. The van der Waals surface area contributed by atoms with E-state index in [-0.39, 0.29) is 17.9 Å². The topological polar surface area (TPSA) is 61.4 Å². The summed E-state index contributed by atoms with van der Waals surface area (Å²) < 4.78 is 0. The van der Waals surface area contributed by atoms with Crippen molar-refractivity contribution in [2.24, 2.45) is 5.92 Å². The van der Waals surface area contributed by atoms with Crippen molar-refractivity contribution in [2.75, 3.05) is 20.1 Å². The summed E-state index contributed by atoms with van der Waals surface area (Å²) in [5.74, 6) is 0.119. The molecular weight excluding hydrogens is 194 g/mol. The van der Waals surface area contributed by atoms with Gasteiger partial charge in [-0.1, -0.05) is 6.92 Å². The molecule has 0 saturated carbocycles. The van der Waals surface area contributed by atoms with E-state index in [1.165, 1.54) is 4.90 Å². The third-order valence-electron chi connectivity index (χ3n) is 2.49. The average Bonchev–Trinajstić information content (AvgIpc) is 2.28. The Kier molecular flexibility index (Phi) is 3.34. The maximum absolute atomic E-state index is 11.8. The summed E-state index contributed by atoms with van der Waals surface area (Å²) in [6.45, 7) is 6.70. The van der Waals surface area contributed by atoms with E-state index >= 15 is 0 Å². The minimum absolute atomic E-state index is 0.143. The van der Waals surface area contributed by atoms with E-state index in [0.717, 1.165) is 6.54 Å². The molecule has 1 saturated heterocycles. The Balaban J connectivity index is 2.63. The molecule has 3 amide bonds. The van der Waals surface area contributed by atoms with Crippen LogP contribution in [0.1, 0.15) is 20.8 Å². The SMILES string of the molecule is CNCC(C)CN1C(=O)NC(C)(C)C1=O. The van der Waals surface area contributed by atoms with Crippen LogP contribution < -0.4 is 10.6 Å². The lowest BCUT2D eigenvalue weighted by Gasteiger charge is -2.19. The molecule has 0 radical (unpaired) electrons. The third-order valence-corrected chi connectivity index (χ3v) is 2.49. The van der Waals surface area contributed by atoms with Crippen molar-refractivity contribution >= 4 is 11.9 Å². The van der Waals surface area contributed by atoms with Gasteiger partial charge in [0.2, 0.25) is 0 Å². The van der Waals surface area contributed by atoms with Crippen molar-refractivity contribution in [1.29, 1.82) is 0 Å². The van der Waals surface area contributed by atoms with Crippen molar-refractivity contribution in [3.63, 3.8) is 0 Å². The maximum Gasteiger partial charge on any atom is 0.325 e. The lowest BCUT2D eigenvalue weighted by molar-refractivity contribution is -0.130. The van der Waals surface area contributed by atoms with Gasteiger partial charge in [-0.25, -0.2) is 4.79 Å². The first-order valence-corrected chi connectivity index (χ1v) is 5.17. The molecule has 1 atom stereocenters. The zero-order valence-electron chi connectivity index (χ0n) is 9.76. The summed E-state index contributed by atoms with van der Waals surface area (Å²) >= 11 is 0. The fourth-order valence-corrected chi connectivity index (χ4v) is 1.71. The highest BCUT2D eigenvalue weighted by Gasteiger charge is 2.44. The number of nitrogens with zero attached hydrogens (tertiary/aromatic N) is 1. The molecule has 1 rings (SSSR count). The van der Waals surface area contributed by atoms with Gasteiger partial charge >= 0.3 is 6.03 Å². The van der Waals surface area contributed by atoms with E-state index in [9.17, 15) is 9.59 Å². The van der Waals surface area contributed by atoms with Gasteiger partial charge in [-0.2, -0.15) is 0 Å². The van der Waals surface area contributed by atoms with Gasteiger partial charge in [0.05, 0.1) is 0 Å². The number of carbonyl (C=O) groups is 2. The molecule has 86 valence electrons. The quantitative estimate of drug-likeness (QED) is 0.654. The van der Waals surface area contributed by atoms with Gasteiger partial charge in [0.25, 0.3) is 5.91 Å². The van der Waals surface area contributed by atoms with Crippen LogP contribution in [0.15, 0.2) is 0 Å². The number of imide groups is 1. The van der Waals surface area contributed by atoms with Gasteiger partial charge in [0.1, 0.15) is 5.54 Å². The molecule has 2 N–H and O–H groups in total. The van der Waals surface area contributed by atoms with Gasteiger partial charge < -0.3 is 10.6 Å². The van der Waals surface area contributed by atoms with E-state index in [4.69, 9.17) is 0 Å². The van der Waals surface area contributed by atoms with E-state index in [0.29, 0.717) is 6.54 Å². The molecule has 0 aromatic carbocycles. The van der Waals surface area contributed by atoms with E-state index in [1.807, 2.05) is 14.0 Å². The predicted molar refractivity (Wildman–Crippen MR) is 57.4 cm³/mol. The van der Waals surface area contributed by atoms with Crippen LogP contribution in [-0.4, -0.2) is 42.5 Å². The Morgan fingerprint density at radius 1 is 1.47 bits per heavy atom. The van der Waals surface area contributed by atoms with Crippen LogP contribution in [0.2, 0.25) is 0 Å². The van der Waals surface area contributed by atoms with Crippen LogP contribution >= 0.6 is 0 Å². The molecule has 0 aromatic heterocycles. The predicted octanol–water partition coefficient (Wildman–Crippen LogP) is 0.172. The lowest BCUT2D eigenvalue weighted by atomic mass is 10.1. The van der Waals surface area contributed by atoms with Crippen LogP contribution in [0.4, 0.5) is 4.79 Å². The Hall–Kier alpha value is -1.10. The Morgan fingerprint density at radius 2 is 2.07 bits per heavy atom. The first-order valence-electron chi connectivity index (χ1n) is 5.17. The van der Waals surface area contributed by atoms with E-state index in [2.05, 4.69) is 10.6 Å². The zero-order valence-corrected chi connectivity index (χ0v) is 9.76. The average molecular weight is 213 g/mol. The number of urea groups is 1. The van der Waals surface area contributed by atoms with E-state index in [1.54, 1.807) is 13.8 Å². The Morgan fingerprint density at radius 3 is 2.47 bits per heavy atom. The highest BCUT2D eigenvalue weighted by molar-refractivity contribution is 6.06. The minimum atomic E-state index is -0.754. The van der Waals surface area contributed by atoms with E-state index < -0.39 is 5.54 Å². The summed E-state index contributed by atoms with van der Waals surface area (Å²) in [6, 6.07) is -0.284. The van der Waals surface area contributed by atoms with Crippen molar-refractivity contribution in [2.45, 2.75) is 26.3 Å². The zero-order chi connectivity index (χ0) is 11.6. The molecule has 0 aromatic rings.